The number of carboxylic acids is 1. The van der Waals surface area contributed by atoms with Gasteiger partial charge in [0, 0.05) is 64.8 Å². The number of fused-ring (bicyclic) bond motifs is 8. The quantitative estimate of drug-likeness (QED) is 0.0366. The Balaban J connectivity index is 0.705. The van der Waals surface area contributed by atoms with Crippen molar-refractivity contribution in [3.8, 4) is 23.0 Å². The fourth-order valence-electron chi connectivity index (χ4n) is 11.0. The van der Waals surface area contributed by atoms with E-state index in [4.69, 9.17) is 70.1 Å². The third-order valence-electron chi connectivity index (χ3n) is 14.9. The number of nitrogens with one attached hydrogen (secondary N) is 1. The summed E-state index contributed by atoms with van der Waals surface area (Å²) in [6, 6.07) is 23.0. The minimum atomic E-state index is -4.09. The second-order valence-corrected chi connectivity index (χ2v) is 24.6. The molecule has 21 nitrogen and oxygen atoms in total. The van der Waals surface area contributed by atoms with E-state index in [0.717, 1.165) is 15.5 Å². The molecule has 3 saturated heterocycles. The minimum absolute atomic E-state index is 0.00567. The molecular weight excluding hydrogens is 1160 g/mol. The number of anilines is 2. The minimum Gasteiger partial charge on any atom is -0.489 e. The molecule has 27 heteroatoms. The highest BCUT2D eigenvalue weighted by Gasteiger charge is 2.70. The number of nitrogens with zero attached hydrogens (tertiary/aromatic N) is 6. The van der Waals surface area contributed by atoms with Crippen LogP contribution >= 0.6 is 58.2 Å². The third kappa shape index (κ3) is 8.21. The van der Waals surface area contributed by atoms with Gasteiger partial charge >= 0.3 is 18.1 Å². The Morgan fingerprint density at radius 2 is 1.59 bits per heavy atom. The fraction of sp³-hybridized carbons (Fsp3) is 0.245. The van der Waals surface area contributed by atoms with Crippen molar-refractivity contribution in [1.29, 1.82) is 0 Å². The Morgan fingerprint density at radius 3 is 2.29 bits per heavy atom. The average Bonchev–Trinajstić information content (AvgIpc) is 4.11. The number of esters is 1. The van der Waals surface area contributed by atoms with Crippen LogP contribution in [0.5, 0.6) is 23.0 Å². The zero-order valence-electron chi connectivity index (χ0n) is 41.4. The van der Waals surface area contributed by atoms with E-state index in [1.165, 1.54) is 47.9 Å². The molecule has 6 atom stereocenters. The van der Waals surface area contributed by atoms with Crippen molar-refractivity contribution in [3.05, 3.63) is 163 Å². The first kappa shape index (κ1) is 53.1. The molecule has 6 aliphatic heterocycles. The Bertz CT molecular complexity index is 3840. The van der Waals surface area contributed by atoms with E-state index in [1.54, 1.807) is 42.5 Å². The van der Waals surface area contributed by atoms with Gasteiger partial charge in [-0.25, -0.2) is 22.8 Å². The largest absolute Gasteiger partial charge is 0.514 e. The van der Waals surface area contributed by atoms with E-state index >= 15 is 0 Å². The van der Waals surface area contributed by atoms with Crippen LogP contribution < -0.4 is 24.4 Å². The molecule has 0 radical (unpaired) electrons. The summed E-state index contributed by atoms with van der Waals surface area (Å²) in [5.74, 6) is -3.54. The number of rotatable bonds is 13. The number of sulfone groups is 1. The van der Waals surface area contributed by atoms with Gasteiger partial charge in [0.2, 0.25) is 11.8 Å². The van der Waals surface area contributed by atoms with Crippen molar-refractivity contribution < 1.29 is 66.0 Å². The maximum absolute atomic E-state index is 14.0. The van der Waals surface area contributed by atoms with Crippen molar-refractivity contribution in [3.63, 3.8) is 0 Å². The molecule has 5 aromatic carbocycles. The van der Waals surface area contributed by atoms with Crippen molar-refractivity contribution in [2.45, 2.75) is 59.7 Å². The number of hydrogen-bond acceptors (Lipinski definition) is 17. The molecule has 410 valence electrons. The van der Waals surface area contributed by atoms with Crippen LogP contribution in [0.1, 0.15) is 46.0 Å². The van der Waals surface area contributed by atoms with E-state index in [9.17, 15) is 42.3 Å². The number of halogens is 4. The van der Waals surface area contributed by atoms with Gasteiger partial charge < -0.3 is 43.9 Å². The molecule has 7 heterocycles. The van der Waals surface area contributed by atoms with Crippen LogP contribution in [0, 0.1) is 0 Å². The highest BCUT2D eigenvalue weighted by atomic mass is 35.5. The maximum Gasteiger partial charge on any atom is 0.514 e. The fourth-order valence-corrected chi connectivity index (χ4v) is 15.7. The first-order valence-corrected chi connectivity index (χ1v) is 28.3. The summed E-state index contributed by atoms with van der Waals surface area (Å²) in [6.07, 6.45) is 1.42. The molecule has 6 aromatic rings. The number of β-lactam (4-membered cyclic amide) rings is 2. The van der Waals surface area contributed by atoms with Crippen LogP contribution in [0.25, 0.3) is 0 Å². The van der Waals surface area contributed by atoms with Gasteiger partial charge in [-0.15, -0.1) is 16.9 Å². The first-order chi connectivity index (χ1) is 38.2. The smallest absolute Gasteiger partial charge is 0.489 e. The number of hydrogen-bond donors (Lipinski definition) is 2. The SMILES string of the molecule is CN(c1ccccc1)c1ccc2c(c1)Oc1cc(OC(=O)OCc3ccc(OCC4=C(C(=O)O)N5C(=O)[C@@H](NC(=O)[C@@H]6N7C(=O)C[C@H]7S(=O)(=O)[C@]6(C)Cn6ccnn6)C5SC4)cc3)ccc1C21OC(=O)c2c(Cl)c(Cl)c(Cl)c(Cl)c21. The molecule has 0 saturated carbocycles. The van der Waals surface area contributed by atoms with Gasteiger partial charge in [-0.05, 0) is 61.0 Å². The normalized spacial score (nSPS) is 23.6. The molecule has 3 amide bonds. The van der Waals surface area contributed by atoms with E-state index in [0.29, 0.717) is 28.1 Å². The van der Waals surface area contributed by atoms with E-state index in [2.05, 4.69) is 15.6 Å². The number of para-hydroxylation sites is 1. The highest BCUT2D eigenvalue weighted by Crippen LogP contribution is 2.61. The number of thioether (sulfide) groups is 1. The number of carbonyl (C=O) groups is 6. The molecule has 2 N–H and O–H groups in total. The van der Waals surface area contributed by atoms with Crippen LogP contribution in [-0.4, -0.2) is 121 Å². The lowest BCUT2D eigenvalue weighted by molar-refractivity contribution is -0.154. The van der Waals surface area contributed by atoms with Crippen LogP contribution in [0.15, 0.2) is 115 Å². The molecule has 80 heavy (non-hydrogen) atoms. The lowest BCUT2D eigenvalue weighted by Gasteiger charge is -2.50. The monoisotopic (exact) mass is 1200 g/mol. The van der Waals surface area contributed by atoms with Crippen LogP contribution in [-0.2, 0) is 57.2 Å². The van der Waals surface area contributed by atoms with Gasteiger partial charge in [0.15, 0.2) is 15.4 Å². The Kier molecular flexibility index (Phi) is 13.0. The van der Waals surface area contributed by atoms with Gasteiger partial charge in [0.05, 0.1) is 44.8 Å². The predicted octanol–water partition coefficient (Wildman–Crippen LogP) is 7.87. The Hall–Kier alpha value is -7.54. The molecule has 1 spiro atoms. The number of ether oxygens (including phenoxy) is 5. The summed E-state index contributed by atoms with van der Waals surface area (Å²) in [6.45, 7) is 0.592. The summed E-state index contributed by atoms with van der Waals surface area (Å²) >= 11 is 27.8. The molecular formula is C53H39Cl4N7O14S2. The van der Waals surface area contributed by atoms with Crippen LogP contribution in [0.3, 0.4) is 0 Å². The number of aliphatic carboxylic acids is 1. The lowest BCUT2D eigenvalue weighted by Crippen LogP contribution is -2.73. The van der Waals surface area contributed by atoms with E-state index in [1.807, 2.05) is 48.3 Å². The summed E-state index contributed by atoms with van der Waals surface area (Å²) in [4.78, 5) is 84.1. The van der Waals surface area contributed by atoms with Crippen molar-refractivity contribution in [2.24, 2.45) is 0 Å². The van der Waals surface area contributed by atoms with Gasteiger partial charge in [0.25, 0.3) is 5.91 Å². The number of carboxylic acid groups (broad SMARTS) is 1. The zero-order valence-corrected chi connectivity index (χ0v) is 46.1. The van der Waals surface area contributed by atoms with Gasteiger partial charge in [-0.2, -0.15) is 0 Å². The summed E-state index contributed by atoms with van der Waals surface area (Å²) < 4.78 is 56.6. The number of benzene rings is 5. The van der Waals surface area contributed by atoms with Gasteiger partial charge in [-0.3, -0.25) is 24.0 Å². The molecule has 2 unspecified atom stereocenters. The second kappa shape index (κ2) is 19.6. The average molecular weight is 1200 g/mol. The van der Waals surface area contributed by atoms with Crippen LogP contribution in [0.2, 0.25) is 20.1 Å². The molecule has 6 aliphatic rings. The van der Waals surface area contributed by atoms with E-state index in [-0.39, 0.29) is 91.7 Å². The number of amides is 3. The number of carbonyl (C=O) groups excluding carboxylic acids is 5. The summed E-state index contributed by atoms with van der Waals surface area (Å²) in [5, 5.41) is 18.0. The summed E-state index contributed by atoms with van der Waals surface area (Å²) in [5.41, 5.74) is 1.11. The molecule has 1 aromatic heterocycles. The molecule has 0 aliphatic carbocycles. The van der Waals surface area contributed by atoms with E-state index < -0.39 is 78.8 Å². The maximum atomic E-state index is 14.0. The zero-order chi connectivity index (χ0) is 56.3. The predicted molar refractivity (Wildman–Crippen MR) is 288 cm³/mol. The second-order valence-electron chi connectivity index (χ2n) is 19.5. The van der Waals surface area contributed by atoms with Crippen molar-refractivity contribution >= 4 is 115 Å². The Morgan fingerprint density at radius 1 is 0.887 bits per heavy atom. The van der Waals surface area contributed by atoms with Crippen LogP contribution in [0.4, 0.5) is 16.2 Å². The number of aromatic nitrogens is 3. The standard InChI is InChI=1S/C53H39Cl4N7O14S2/c1-52(24-62-17-16-58-60-62)45(63-35(65)20-36(63)80(52,72)73)46(66)59-43-47(67)64-44(49(68)69)26(23-79-48(43)64)22-74-29-11-8-25(9-12-29)21-75-51(71)76-30-13-15-32-34(19-30)77-33-18-28(61(2)27-6-4-3-5-7-27)10-14-31(33)53(32)38-37(50(70)78-53)39(54)41(56)42(57)40(38)55/h3-19,36,43,45,48H,20-24H2,1-2H3,(H,59,66)(H,68,69)/t36-,43-,45+,48?,52-,53?/m1/s1. The summed E-state index contributed by atoms with van der Waals surface area (Å²) in [7, 11) is -2.22. The third-order valence-corrected chi connectivity index (χ3v) is 20.9. The molecule has 3 fully saturated rings. The molecule has 12 rings (SSSR count). The van der Waals surface area contributed by atoms with Crippen molar-refractivity contribution in [2.75, 3.05) is 24.3 Å². The lowest BCUT2D eigenvalue weighted by atomic mass is 9.77. The first-order valence-electron chi connectivity index (χ1n) is 24.2. The topological polar surface area (TPSA) is 255 Å². The van der Waals surface area contributed by atoms with Crippen molar-refractivity contribution in [1.82, 2.24) is 30.1 Å². The van der Waals surface area contributed by atoms with Gasteiger partial charge in [0.1, 0.15) is 69.5 Å². The highest BCUT2D eigenvalue weighted by molar-refractivity contribution is 8.00. The Labute approximate surface area is 478 Å². The molecule has 0 bridgehead atoms. The van der Waals surface area contributed by atoms with Gasteiger partial charge in [-0.1, -0.05) is 81.9 Å².